The van der Waals surface area contributed by atoms with Gasteiger partial charge in [0.25, 0.3) is 0 Å². The van der Waals surface area contributed by atoms with E-state index < -0.39 is 4.92 Å². The first-order valence-corrected chi connectivity index (χ1v) is 3.82. The maximum atomic E-state index is 10.4. The lowest BCUT2D eigenvalue weighted by molar-refractivity contribution is -0.385. The Labute approximate surface area is 75.3 Å². The number of hydrogen-bond acceptors (Lipinski definition) is 4. The lowest BCUT2D eigenvalue weighted by atomic mass is 10.4. The summed E-state index contributed by atoms with van der Waals surface area (Å²) in [4.78, 5) is 9.99. The van der Waals surface area contributed by atoms with Crippen LogP contribution in [0, 0.1) is 17.0 Å². The molecule has 0 aliphatic heterocycles. The van der Waals surface area contributed by atoms with Crippen molar-refractivity contribution in [2.75, 3.05) is 13.7 Å². The second-order valence-electron chi connectivity index (χ2n) is 2.61. The van der Waals surface area contributed by atoms with Gasteiger partial charge in [0.15, 0.2) is 0 Å². The Morgan fingerprint density at radius 2 is 2.46 bits per heavy atom. The van der Waals surface area contributed by atoms with E-state index in [0.717, 1.165) is 0 Å². The number of nitrogens with zero attached hydrogens (tertiary/aromatic N) is 3. The van der Waals surface area contributed by atoms with Gasteiger partial charge in [-0.05, 0) is 6.92 Å². The maximum absolute atomic E-state index is 10.4. The first-order chi connectivity index (χ1) is 6.15. The van der Waals surface area contributed by atoms with E-state index in [9.17, 15) is 10.1 Å². The van der Waals surface area contributed by atoms with Gasteiger partial charge in [-0.25, -0.2) is 0 Å². The Balaban J connectivity index is 2.76. The van der Waals surface area contributed by atoms with Crippen molar-refractivity contribution in [2.45, 2.75) is 13.5 Å². The zero-order chi connectivity index (χ0) is 9.84. The molecule has 13 heavy (non-hydrogen) atoms. The van der Waals surface area contributed by atoms with Crippen LogP contribution in [0.4, 0.5) is 5.69 Å². The topological polar surface area (TPSA) is 70.2 Å². The molecule has 1 rings (SSSR count). The molecule has 0 aromatic carbocycles. The smallest absolute Gasteiger partial charge is 0.309 e. The van der Waals surface area contributed by atoms with Gasteiger partial charge in [-0.2, -0.15) is 5.10 Å². The number of methoxy groups -OCH3 is 1. The van der Waals surface area contributed by atoms with Crippen LogP contribution < -0.4 is 0 Å². The van der Waals surface area contributed by atoms with Gasteiger partial charge in [-0.3, -0.25) is 14.8 Å². The Hall–Kier alpha value is -1.43. The minimum Gasteiger partial charge on any atom is -0.383 e. The molecular formula is C7H11N3O3. The van der Waals surface area contributed by atoms with E-state index in [1.165, 1.54) is 10.9 Å². The zero-order valence-electron chi connectivity index (χ0n) is 7.56. The molecule has 0 aliphatic carbocycles. The van der Waals surface area contributed by atoms with Crippen LogP contribution in [-0.2, 0) is 11.3 Å². The quantitative estimate of drug-likeness (QED) is 0.512. The van der Waals surface area contributed by atoms with E-state index >= 15 is 0 Å². The highest BCUT2D eigenvalue weighted by atomic mass is 16.6. The minimum atomic E-state index is -0.439. The zero-order valence-corrected chi connectivity index (χ0v) is 7.56. The summed E-state index contributed by atoms with van der Waals surface area (Å²) in [6, 6.07) is 0. The highest BCUT2D eigenvalue weighted by Gasteiger charge is 2.14. The van der Waals surface area contributed by atoms with Crippen molar-refractivity contribution in [3.63, 3.8) is 0 Å². The van der Waals surface area contributed by atoms with Gasteiger partial charge in [0, 0.05) is 7.11 Å². The summed E-state index contributed by atoms with van der Waals surface area (Å²) in [5, 5.41) is 14.4. The number of hydrogen-bond donors (Lipinski definition) is 0. The molecule has 0 bridgehead atoms. The molecule has 0 amide bonds. The van der Waals surface area contributed by atoms with Crippen LogP contribution in [0.15, 0.2) is 6.20 Å². The summed E-state index contributed by atoms with van der Waals surface area (Å²) in [5.41, 5.74) is 0.484. The van der Waals surface area contributed by atoms with E-state index in [2.05, 4.69) is 5.10 Å². The fraction of sp³-hybridized carbons (Fsp3) is 0.571. The van der Waals surface area contributed by atoms with E-state index in [1.807, 2.05) is 0 Å². The van der Waals surface area contributed by atoms with Crippen LogP contribution in [0.2, 0.25) is 0 Å². The molecule has 0 atom stereocenters. The molecule has 0 saturated carbocycles. The summed E-state index contributed by atoms with van der Waals surface area (Å²) in [6.07, 6.45) is 1.41. The standard InChI is InChI=1S/C7H11N3O3/c1-6-7(10(11)12)5-9(8-6)3-4-13-2/h5H,3-4H2,1-2H3. The van der Waals surface area contributed by atoms with Crippen molar-refractivity contribution in [1.82, 2.24) is 9.78 Å². The van der Waals surface area contributed by atoms with Crippen molar-refractivity contribution in [3.05, 3.63) is 22.0 Å². The monoisotopic (exact) mass is 185 g/mol. The Kier molecular flexibility index (Phi) is 2.97. The largest absolute Gasteiger partial charge is 0.383 e. The van der Waals surface area contributed by atoms with Crippen LogP contribution in [0.1, 0.15) is 5.69 Å². The molecular weight excluding hydrogens is 174 g/mol. The lowest BCUT2D eigenvalue weighted by Gasteiger charge is -1.96. The number of rotatable bonds is 4. The summed E-state index contributed by atoms with van der Waals surface area (Å²) in [7, 11) is 1.57. The first-order valence-electron chi connectivity index (χ1n) is 3.82. The summed E-state index contributed by atoms with van der Waals surface area (Å²) in [6.45, 7) is 2.64. The summed E-state index contributed by atoms with van der Waals surface area (Å²) >= 11 is 0. The number of aromatic nitrogens is 2. The average molecular weight is 185 g/mol. The molecule has 0 fully saturated rings. The molecule has 6 heteroatoms. The molecule has 0 aliphatic rings. The highest BCUT2D eigenvalue weighted by Crippen LogP contribution is 2.14. The molecule has 0 N–H and O–H groups in total. The van der Waals surface area contributed by atoms with Gasteiger partial charge >= 0.3 is 5.69 Å². The summed E-state index contributed by atoms with van der Waals surface area (Å²) < 4.78 is 6.34. The van der Waals surface area contributed by atoms with Crippen LogP contribution in [0.5, 0.6) is 0 Å². The number of aryl methyl sites for hydroxylation is 1. The second kappa shape index (κ2) is 3.99. The first kappa shape index (κ1) is 9.66. The third-order valence-corrected chi connectivity index (χ3v) is 1.64. The molecule has 0 unspecified atom stereocenters. The van der Waals surface area contributed by atoms with E-state index in [4.69, 9.17) is 4.74 Å². The van der Waals surface area contributed by atoms with Gasteiger partial charge in [0.1, 0.15) is 11.9 Å². The fourth-order valence-electron chi connectivity index (χ4n) is 0.986. The van der Waals surface area contributed by atoms with E-state index in [-0.39, 0.29) is 5.69 Å². The average Bonchev–Trinajstić information content (AvgIpc) is 2.43. The molecule has 1 heterocycles. The number of nitro groups is 1. The molecule has 72 valence electrons. The Morgan fingerprint density at radius 3 is 2.92 bits per heavy atom. The fourth-order valence-corrected chi connectivity index (χ4v) is 0.986. The van der Waals surface area contributed by atoms with Crippen LogP contribution in [0.3, 0.4) is 0 Å². The molecule has 0 radical (unpaired) electrons. The van der Waals surface area contributed by atoms with Crippen LogP contribution >= 0.6 is 0 Å². The predicted octanol–water partition coefficient (Wildman–Crippen LogP) is 0.746. The lowest BCUT2D eigenvalue weighted by Crippen LogP contribution is -2.04. The van der Waals surface area contributed by atoms with Crippen LogP contribution in [-0.4, -0.2) is 28.4 Å². The van der Waals surface area contributed by atoms with Gasteiger partial charge in [-0.1, -0.05) is 0 Å². The third-order valence-electron chi connectivity index (χ3n) is 1.64. The van der Waals surface area contributed by atoms with Gasteiger partial charge in [0.2, 0.25) is 0 Å². The third kappa shape index (κ3) is 2.25. The van der Waals surface area contributed by atoms with Crippen LogP contribution in [0.25, 0.3) is 0 Å². The minimum absolute atomic E-state index is 0.0519. The van der Waals surface area contributed by atoms with E-state index in [1.54, 1.807) is 14.0 Å². The number of ether oxygens (including phenoxy) is 1. The predicted molar refractivity (Wildman–Crippen MR) is 45.5 cm³/mol. The van der Waals surface area contributed by atoms with Gasteiger partial charge in [0.05, 0.1) is 18.1 Å². The van der Waals surface area contributed by atoms with Crippen molar-refractivity contribution < 1.29 is 9.66 Å². The molecule has 1 aromatic heterocycles. The normalized spacial score (nSPS) is 10.3. The Bertz CT molecular complexity index is 308. The maximum Gasteiger partial charge on any atom is 0.309 e. The SMILES string of the molecule is COCCn1cc([N+](=O)[O-])c(C)n1. The highest BCUT2D eigenvalue weighted by molar-refractivity contribution is 5.30. The van der Waals surface area contributed by atoms with Gasteiger partial charge in [-0.15, -0.1) is 0 Å². The summed E-state index contributed by atoms with van der Waals surface area (Å²) in [5.74, 6) is 0. The van der Waals surface area contributed by atoms with Crippen molar-refractivity contribution in [3.8, 4) is 0 Å². The Morgan fingerprint density at radius 1 is 1.77 bits per heavy atom. The van der Waals surface area contributed by atoms with Crippen molar-refractivity contribution in [2.24, 2.45) is 0 Å². The van der Waals surface area contributed by atoms with E-state index in [0.29, 0.717) is 18.8 Å². The molecule has 0 saturated heterocycles. The molecule has 1 aromatic rings. The van der Waals surface area contributed by atoms with Crippen molar-refractivity contribution >= 4 is 5.69 Å². The molecule has 6 nitrogen and oxygen atoms in total. The van der Waals surface area contributed by atoms with Gasteiger partial charge < -0.3 is 4.74 Å². The second-order valence-corrected chi connectivity index (χ2v) is 2.61. The van der Waals surface area contributed by atoms with Crippen molar-refractivity contribution in [1.29, 1.82) is 0 Å². The molecule has 0 spiro atoms.